The third-order valence-corrected chi connectivity index (χ3v) is 5.16. The third-order valence-electron chi connectivity index (χ3n) is 4.45. The van der Waals surface area contributed by atoms with Crippen molar-refractivity contribution in [2.24, 2.45) is 0 Å². The van der Waals surface area contributed by atoms with Crippen molar-refractivity contribution >= 4 is 34.9 Å². The number of nitrogens with one attached hydrogen (secondary N) is 2. The molecule has 0 saturated carbocycles. The molecule has 0 aliphatic heterocycles. The number of aromatic amines is 1. The Hall–Kier alpha value is -3.29. The second-order valence-electron chi connectivity index (χ2n) is 6.45. The number of hydrogen-bond donors (Lipinski definition) is 2. The Bertz CT molecular complexity index is 1180. The van der Waals surface area contributed by atoms with Crippen LogP contribution in [0.3, 0.4) is 0 Å². The zero-order chi connectivity index (χ0) is 21.1. The van der Waals surface area contributed by atoms with Gasteiger partial charge in [-0.05, 0) is 30.3 Å². The number of aromatic nitrogens is 4. The van der Waals surface area contributed by atoms with E-state index in [1.807, 2.05) is 24.3 Å². The lowest BCUT2D eigenvalue weighted by atomic mass is 10.1. The van der Waals surface area contributed by atoms with Crippen LogP contribution in [0.2, 0.25) is 10.0 Å². The number of carbonyl (C=O) groups is 1. The zero-order valence-electron chi connectivity index (χ0n) is 15.9. The first-order valence-corrected chi connectivity index (χ1v) is 9.76. The van der Waals surface area contributed by atoms with Crippen molar-refractivity contribution in [3.05, 3.63) is 82.1 Å². The highest BCUT2D eigenvalue weighted by atomic mass is 35.5. The molecule has 0 unspecified atom stereocenters. The summed E-state index contributed by atoms with van der Waals surface area (Å²) in [6.45, 7) is 0.387. The predicted octanol–water partition coefficient (Wildman–Crippen LogP) is 4.89. The Balaban J connectivity index is 1.45. The van der Waals surface area contributed by atoms with E-state index in [9.17, 15) is 4.79 Å². The van der Waals surface area contributed by atoms with E-state index >= 15 is 0 Å². The number of H-pyrrole nitrogens is 1. The normalized spacial score (nSPS) is 10.8. The van der Waals surface area contributed by atoms with E-state index < -0.39 is 0 Å². The average molecular weight is 442 g/mol. The third kappa shape index (κ3) is 4.32. The van der Waals surface area contributed by atoms with Gasteiger partial charge in [-0.1, -0.05) is 41.4 Å². The molecule has 0 saturated heterocycles. The molecule has 4 rings (SSSR count). The maximum Gasteiger partial charge on any atom is 0.274 e. The maximum absolute atomic E-state index is 12.6. The Morgan fingerprint density at radius 3 is 2.67 bits per heavy atom. The molecule has 0 bridgehead atoms. The molecule has 152 valence electrons. The summed E-state index contributed by atoms with van der Waals surface area (Å²) in [4.78, 5) is 12.6. The van der Waals surface area contributed by atoms with Gasteiger partial charge in [0.15, 0.2) is 5.82 Å². The molecule has 0 radical (unpaired) electrons. The topological polar surface area (TPSA) is 84.8 Å². The Kier molecular flexibility index (Phi) is 5.74. The van der Waals surface area contributed by atoms with Crippen molar-refractivity contribution in [1.29, 1.82) is 0 Å². The van der Waals surface area contributed by atoms with Gasteiger partial charge in [0.05, 0.1) is 19.3 Å². The van der Waals surface area contributed by atoms with E-state index in [1.54, 1.807) is 48.3 Å². The summed E-state index contributed by atoms with van der Waals surface area (Å²) in [6.07, 6.45) is 1.74. The first-order valence-electron chi connectivity index (χ1n) is 9.01. The number of methoxy groups -OCH3 is 1. The summed E-state index contributed by atoms with van der Waals surface area (Å²) in [6, 6.07) is 16.1. The van der Waals surface area contributed by atoms with Gasteiger partial charge in [0, 0.05) is 33.4 Å². The van der Waals surface area contributed by atoms with Gasteiger partial charge in [0.2, 0.25) is 0 Å². The van der Waals surface area contributed by atoms with E-state index in [1.165, 1.54) is 0 Å². The molecule has 30 heavy (non-hydrogen) atoms. The molecule has 1 amide bonds. The molecule has 0 spiro atoms. The number of halogens is 2. The summed E-state index contributed by atoms with van der Waals surface area (Å²) in [5.74, 6) is 0.768. The van der Waals surface area contributed by atoms with Gasteiger partial charge in [-0.15, -0.1) is 0 Å². The molecular formula is C21H17Cl2N5O2. The number of amides is 1. The first-order chi connectivity index (χ1) is 14.5. The second kappa shape index (κ2) is 8.61. The largest absolute Gasteiger partial charge is 0.497 e. The fourth-order valence-electron chi connectivity index (χ4n) is 2.91. The van der Waals surface area contributed by atoms with Gasteiger partial charge in [-0.2, -0.15) is 10.2 Å². The fourth-order valence-corrected chi connectivity index (χ4v) is 3.43. The van der Waals surface area contributed by atoms with E-state index in [0.717, 1.165) is 11.1 Å². The summed E-state index contributed by atoms with van der Waals surface area (Å²) in [7, 11) is 1.60. The molecular weight excluding hydrogens is 425 g/mol. The van der Waals surface area contributed by atoms with Gasteiger partial charge in [-0.3, -0.25) is 14.6 Å². The summed E-state index contributed by atoms with van der Waals surface area (Å²) in [5.41, 5.74) is 2.55. The highest BCUT2D eigenvalue weighted by Crippen LogP contribution is 2.25. The molecule has 2 aromatic heterocycles. The lowest BCUT2D eigenvalue weighted by Gasteiger charge is -2.06. The molecule has 2 N–H and O–H groups in total. The highest BCUT2D eigenvalue weighted by molar-refractivity contribution is 6.35. The number of anilines is 1. The van der Waals surface area contributed by atoms with Crippen molar-refractivity contribution in [1.82, 2.24) is 20.0 Å². The van der Waals surface area contributed by atoms with Crippen molar-refractivity contribution in [2.45, 2.75) is 6.54 Å². The molecule has 0 atom stereocenters. The van der Waals surface area contributed by atoms with E-state index in [2.05, 4.69) is 20.6 Å². The van der Waals surface area contributed by atoms with Crippen LogP contribution in [0.15, 0.2) is 60.8 Å². The van der Waals surface area contributed by atoms with Crippen LogP contribution >= 0.6 is 23.2 Å². The van der Waals surface area contributed by atoms with E-state index in [-0.39, 0.29) is 5.91 Å². The Labute approximate surface area is 182 Å². The first kappa shape index (κ1) is 20.0. The molecule has 9 heteroatoms. The SMILES string of the molecule is COc1cccc(-c2cc(C(=O)Nc3ccn(Cc4c(Cl)cccc4Cl)n3)[nH]n2)c1. The lowest BCUT2D eigenvalue weighted by Crippen LogP contribution is -2.13. The van der Waals surface area contributed by atoms with Crippen LogP contribution in [0, 0.1) is 0 Å². The standard InChI is InChI=1S/C21H17Cl2N5O2/c1-30-14-5-2-4-13(10-14)18-11-19(26-25-18)21(29)24-20-8-9-28(27-20)12-15-16(22)6-3-7-17(15)23/h2-11H,12H2,1H3,(H,25,26)(H,24,27,29). The number of carbonyl (C=O) groups excluding carboxylic acids is 1. The number of benzene rings is 2. The summed E-state index contributed by atoms with van der Waals surface area (Å²) >= 11 is 12.4. The quantitative estimate of drug-likeness (QED) is 0.445. The van der Waals surface area contributed by atoms with Crippen LogP contribution in [0.1, 0.15) is 16.1 Å². The Morgan fingerprint density at radius 2 is 1.90 bits per heavy atom. The summed E-state index contributed by atoms with van der Waals surface area (Å²) in [5, 5.41) is 15.2. The van der Waals surface area contributed by atoms with Crippen molar-refractivity contribution in [3.8, 4) is 17.0 Å². The fraction of sp³-hybridized carbons (Fsp3) is 0.0952. The van der Waals surface area contributed by atoms with Gasteiger partial charge in [0.1, 0.15) is 11.4 Å². The van der Waals surface area contributed by atoms with E-state index in [4.69, 9.17) is 27.9 Å². The smallest absolute Gasteiger partial charge is 0.274 e. The monoisotopic (exact) mass is 441 g/mol. The molecule has 7 nitrogen and oxygen atoms in total. The molecule has 4 aromatic rings. The molecule has 0 aliphatic rings. The number of hydrogen-bond acceptors (Lipinski definition) is 4. The molecule has 2 aromatic carbocycles. The zero-order valence-corrected chi connectivity index (χ0v) is 17.4. The molecule has 2 heterocycles. The molecule has 0 fully saturated rings. The number of ether oxygens (including phenoxy) is 1. The van der Waals surface area contributed by atoms with Crippen LogP contribution in [0.5, 0.6) is 5.75 Å². The van der Waals surface area contributed by atoms with Crippen LogP contribution in [-0.4, -0.2) is 33.0 Å². The van der Waals surface area contributed by atoms with Gasteiger partial charge in [-0.25, -0.2) is 0 Å². The van der Waals surface area contributed by atoms with Crippen LogP contribution < -0.4 is 10.1 Å². The number of nitrogens with zero attached hydrogens (tertiary/aromatic N) is 3. The predicted molar refractivity (Wildman–Crippen MR) is 116 cm³/mol. The van der Waals surface area contributed by atoms with Crippen LogP contribution in [0.4, 0.5) is 5.82 Å². The minimum absolute atomic E-state index is 0.316. The molecule has 0 aliphatic carbocycles. The van der Waals surface area contributed by atoms with Crippen LogP contribution in [0.25, 0.3) is 11.3 Å². The lowest BCUT2D eigenvalue weighted by molar-refractivity contribution is 0.102. The minimum atomic E-state index is -0.349. The van der Waals surface area contributed by atoms with Crippen molar-refractivity contribution < 1.29 is 9.53 Å². The minimum Gasteiger partial charge on any atom is -0.497 e. The van der Waals surface area contributed by atoms with Crippen molar-refractivity contribution in [3.63, 3.8) is 0 Å². The van der Waals surface area contributed by atoms with Crippen LogP contribution in [-0.2, 0) is 6.54 Å². The van der Waals surface area contributed by atoms with Gasteiger partial charge < -0.3 is 10.1 Å². The van der Waals surface area contributed by atoms with E-state index in [0.29, 0.717) is 39.5 Å². The van der Waals surface area contributed by atoms with Gasteiger partial charge >= 0.3 is 0 Å². The second-order valence-corrected chi connectivity index (χ2v) is 7.27. The summed E-state index contributed by atoms with van der Waals surface area (Å²) < 4.78 is 6.87. The van der Waals surface area contributed by atoms with Gasteiger partial charge in [0.25, 0.3) is 5.91 Å². The Morgan fingerprint density at radius 1 is 1.13 bits per heavy atom. The highest BCUT2D eigenvalue weighted by Gasteiger charge is 2.14. The van der Waals surface area contributed by atoms with Crippen molar-refractivity contribution in [2.75, 3.05) is 12.4 Å². The maximum atomic E-state index is 12.6. The average Bonchev–Trinajstić information content (AvgIpc) is 3.41. The number of rotatable bonds is 6.